The standard InChI is InChI=1S/C20H17NO/c1-15-9-5-6-12-17(15)20(22)19(16-10-3-2-4-11-16)18-13-7-8-14-21-18/h2-14,19H,1H3/t19-/m0/s1. The first kappa shape index (κ1) is 14.2. The highest BCUT2D eigenvalue weighted by atomic mass is 16.1. The Morgan fingerprint density at radius 2 is 1.55 bits per heavy atom. The number of carbonyl (C=O) groups excluding carboxylic acids is 1. The molecule has 0 saturated carbocycles. The first-order valence-corrected chi connectivity index (χ1v) is 7.33. The maximum absolute atomic E-state index is 13.1. The van der Waals surface area contributed by atoms with Crippen LogP contribution in [0.3, 0.4) is 0 Å². The van der Waals surface area contributed by atoms with Crippen molar-refractivity contribution in [2.75, 3.05) is 0 Å². The van der Waals surface area contributed by atoms with Gasteiger partial charge >= 0.3 is 0 Å². The third-order valence-electron chi connectivity index (χ3n) is 3.79. The van der Waals surface area contributed by atoms with Crippen LogP contribution >= 0.6 is 0 Å². The molecule has 22 heavy (non-hydrogen) atoms. The molecule has 1 aromatic heterocycles. The van der Waals surface area contributed by atoms with Crippen LogP contribution in [0.2, 0.25) is 0 Å². The van der Waals surface area contributed by atoms with E-state index in [1.54, 1.807) is 6.20 Å². The van der Waals surface area contributed by atoms with E-state index in [1.165, 1.54) is 0 Å². The summed E-state index contributed by atoms with van der Waals surface area (Å²) in [5.41, 5.74) is 3.49. The highest BCUT2D eigenvalue weighted by Crippen LogP contribution is 2.28. The fraction of sp³-hybridized carbons (Fsp3) is 0.100. The van der Waals surface area contributed by atoms with Gasteiger partial charge in [0.2, 0.25) is 0 Å². The van der Waals surface area contributed by atoms with E-state index in [0.717, 1.165) is 22.4 Å². The van der Waals surface area contributed by atoms with Crippen LogP contribution in [0.25, 0.3) is 0 Å². The predicted molar refractivity (Wildman–Crippen MR) is 88.0 cm³/mol. The summed E-state index contributed by atoms with van der Waals surface area (Å²) < 4.78 is 0. The third-order valence-corrected chi connectivity index (χ3v) is 3.79. The van der Waals surface area contributed by atoms with Gasteiger partial charge in [-0.1, -0.05) is 60.7 Å². The number of rotatable bonds is 4. The second-order valence-electron chi connectivity index (χ2n) is 5.28. The van der Waals surface area contributed by atoms with E-state index in [2.05, 4.69) is 4.98 Å². The van der Waals surface area contributed by atoms with Gasteiger partial charge < -0.3 is 0 Å². The molecular weight excluding hydrogens is 270 g/mol. The molecule has 2 nitrogen and oxygen atoms in total. The molecule has 2 heteroatoms. The number of ketones is 1. The topological polar surface area (TPSA) is 30.0 Å². The number of hydrogen-bond donors (Lipinski definition) is 0. The average molecular weight is 287 g/mol. The maximum atomic E-state index is 13.1. The van der Waals surface area contributed by atoms with E-state index >= 15 is 0 Å². The summed E-state index contributed by atoms with van der Waals surface area (Å²) in [6.45, 7) is 1.97. The first-order valence-electron chi connectivity index (χ1n) is 7.33. The lowest BCUT2D eigenvalue weighted by Gasteiger charge is -2.17. The van der Waals surface area contributed by atoms with Crippen LogP contribution in [0.4, 0.5) is 0 Å². The minimum Gasteiger partial charge on any atom is -0.293 e. The van der Waals surface area contributed by atoms with Crippen LogP contribution in [0.5, 0.6) is 0 Å². The molecule has 0 radical (unpaired) electrons. The third kappa shape index (κ3) is 2.82. The Bertz CT molecular complexity index is 726. The average Bonchev–Trinajstić information content (AvgIpc) is 2.57. The van der Waals surface area contributed by atoms with E-state index in [9.17, 15) is 4.79 Å². The molecule has 3 aromatic rings. The molecule has 0 amide bonds. The van der Waals surface area contributed by atoms with Crippen molar-refractivity contribution < 1.29 is 4.79 Å². The van der Waals surface area contributed by atoms with Gasteiger partial charge in [-0.15, -0.1) is 0 Å². The van der Waals surface area contributed by atoms with Gasteiger partial charge in [0, 0.05) is 11.8 Å². The molecular formula is C20H17NO. The largest absolute Gasteiger partial charge is 0.293 e. The van der Waals surface area contributed by atoms with Gasteiger partial charge in [-0.2, -0.15) is 0 Å². The van der Waals surface area contributed by atoms with Gasteiger partial charge in [0.25, 0.3) is 0 Å². The zero-order valence-electron chi connectivity index (χ0n) is 12.4. The van der Waals surface area contributed by atoms with Gasteiger partial charge in [-0.25, -0.2) is 0 Å². The minimum absolute atomic E-state index is 0.0861. The van der Waals surface area contributed by atoms with Crippen LogP contribution in [-0.2, 0) is 0 Å². The Labute approximate surface area is 130 Å². The minimum atomic E-state index is -0.372. The van der Waals surface area contributed by atoms with Gasteiger partial charge in [0.15, 0.2) is 5.78 Å². The lowest BCUT2D eigenvalue weighted by molar-refractivity contribution is 0.0972. The van der Waals surface area contributed by atoms with Crippen molar-refractivity contribution in [3.05, 3.63) is 101 Å². The second-order valence-corrected chi connectivity index (χ2v) is 5.28. The molecule has 0 aliphatic rings. The maximum Gasteiger partial charge on any atom is 0.176 e. The van der Waals surface area contributed by atoms with Crippen molar-refractivity contribution in [1.29, 1.82) is 0 Å². The highest BCUT2D eigenvalue weighted by molar-refractivity contribution is 6.03. The van der Waals surface area contributed by atoms with E-state index in [1.807, 2.05) is 79.7 Å². The summed E-state index contributed by atoms with van der Waals surface area (Å²) in [5.74, 6) is -0.286. The fourth-order valence-corrected chi connectivity index (χ4v) is 2.65. The summed E-state index contributed by atoms with van der Waals surface area (Å²) in [6, 6.07) is 23.2. The number of Topliss-reactive ketones (excluding diaryl/α,β-unsaturated/α-hetero) is 1. The SMILES string of the molecule is Cc1ccccc1C(=O)[C@@H](c1ccccc1)c1ccccn1. The summed E-state index contributed by atoms with van der Waals surface area (Å²) in [4.78, 5) is 17.5. The quantitative estimate of drug-likeness (QED) is 0.665. The monoisotopic (exact) mass is 287 g/mol. The van der Waals surface area contributed by atoms with Crippen LogP contribution in [0.15, 0.2) is 79.0 Å². The number of benzene rings is 2. The molecule has 0 spiro atoms. The van der Waals surface area contributed by atoms with Gasteiger partial charge in [0.05, 0.1) is 11.6 Å². The first-order chi connectivity index (χ1) is 10.8. The van der Waals surface area contributed by atoms with Gasteiger partial charge in [-0.05, 0) is 30.2 Å². The van der Waals surface area contributed by atoms with Crippen LogP contribution in [0.1, 0.15) is 33.1 Å². The number of pyridine rings is 1. The van der Waals surface area contributed by atoms with Crippen molar-refractivity contribution in [1.82, 2.24) is 4.98 Å². The molecule has 0 saturated heterocycles. The van der Waals surface area contributed by atoms with Crippen LogP contribution in [-0.4, -0.2) is 10.8 Å². The molecule has 0 unspecified atom stereocenters. The van der Waals surface area contributed by atoms with Crippen molar-refractivity contribution in [2.24, 2.45) is 0 Å². The summed E-state index contributed by atoms with van der Waals surface area (Å²) >= 11 is 0. The Hall–Kier alpha value is -2.74. The molecule has 108 valence electrons. The van der Waals surface area contributed by atoms with E-state index in [-0.39, 0.29) is 11.7 Å². The molecule has 0 N–H and O–H groups in total. The zero-order chi connectivity index (χ0) is 15.4. The lowest BCUT2D eigenvalue weighted by atomic mass is 9.86. The normalized spacial score (nSPS) is 11.9. The highest BCUT2D eigenvalue weighted by Gasteiger charge is 2.25. The molecule has 1 atom stereocenters. The van der Waals surface area contributed by atoms with Gasteiger partial charge in [0.1, 0.15) is 0 Å². The van der Waals surface area contributed by atoms with Crippen molar-refractivity contribution in [3.8, 4) is 0 Å². The van der Waals surface area contributed by atoms with E-state index in [4.69, 9.17) is 0 Å². The number of nitrogens with zero attached hydrogens (tertiary/aromatic N) is 1. The summed E-state index contributed by atoms with van der Waals surface area (Å²) in [6.07, 6.45) is 1.73. The number of aryl methyl sites for hydroxylation is 1. The molecule has 0 bridgehead atoms. The predicted octanol–water partition coefficient (Wildman–Crippen LogP) is 4.40. The number of aromatic nitrogens is 1. The molecule has 2 aromatic carbocycles. The van der Waals surface area contributed by atoms with Gasteiger partial charge in [-0.3, -0.25) is 9.78 Å². The lowest BCUT2D eigenvalue weighted by Crippen LogP contribution is -2.16. The van der Waals surface area contributed by atoms with Crippen molar-refractivity contribution in [3.63, 3.8) is 0 Å². The Kier molecular flexibility index (Phi) is 4.10. The summed E-state index contributed by atoms with van der Waals surface area (Å²) in [7, 11) is 0. The zero-order valence-corrected chi connectivity index (χ0v) is 12.4. The Morgan fingerprint density at radius 3 is 2.23 bits per heavy atom. The Balaban J connectivity index is 2.11. The molecule has 0 aliphatic heterocycles. The van der Waals surface area contributed by atoms with E-state index < -0.39 is 0 Å². The molecule has 1 heterocycles. The Morgan fingerprint density at radius 1 is 0.864 bits per heavy atom. The van der Waals surface area contributed by atoms with Crippen molar-refractivity contribution >= 4 is 5.78 Å². The number of carbonyl (C=O) groups is 1. The van der Waals surface area contributed by atoms with Crippen LogP contribution in [0, 0.1) is 6.92 Å². The molecule has 3 rings (SSSR count). The van der Waals surface area contributed by atoms with E-state index in [0.29, 0.717) is 0 Å². The smallest absolute Gasteiger partial charge is 0.176 e. The fourth-order valence-electron chi connectivity index (χ4n) is 2.65. The second kappa shape index (κ2) is 6.35. The molecule has 0 aliphatic carbocycles. The number of hydrogen-bond acceptors (Lipinski definition) is 2. The summed E-state index contributed by atoms with van der Waals surface area (Å²) in [5, 5.41) is 0. The molecule has 0 fully saturated rings. The van der Waals surface area contributed by atoms with Crippen LogP contribution < -0.4 is 0 Å². The van der Waals surface area contributed by atoms with Crippen molar-refractivity contribution in [2.45, 2.75) is 12.8 Å².